The topological polar surface area (TPSA) is 67.4 Å². The molecule has 2 aromatic carbocycles. The molecule has 1 amide bonds. The summed E-state index contributed by atoms with van der Waals surface area (Å²) in [5.41, 5.74) is 2.81. The number of ether oxygens (including phenoxy) is 1. The Morgan fingerprint density at radius 1 is 1.09 bits per heavy atom. The maximum Gasteiger partial charge on any atom is 0.340 e. The van der Waals surface area contributed by atoms with Crippen molar-refractivity contribution < 1.29 is 14.3 Å². The van der Waals surface area contributed by atoms with Gasteiger partial charge in [0.25, 0.3) is 0 Å². The molecule has 0 spiro atoms. The Kier molecular flexibility index (Phi) is 5.74. The van der Waals surface area contributed by atoms with E-state index in [1.54, 1.807) is 31.2 Å². The Balaban J connectivity index is 1.98. The largest absolute Gasteiger partial charge is 0.462 e. The monoisotopic (exact) mass is 312 g/mol. The predicted octanol–water partition coefficient (Wildman–Crippen LogP) is 3.22. The maximum atomic E-state index is 12.0. The lowest BCUT2D eigenvalue weighted by molar-refractivity contribution is -0.114. The van der Waals surface area contributed by atoms with E-state index in [-0.39, 0.29) is 12.5 Å². The van der Waals surface area contributed by atoms with E-state index in [0.29, 0.717) is 17.9 Å². The van der Waals surface area contributed by atoms with Crippen molar-refractivity contribution in [2.45, 2.75) is 13.8 Å². The molecule has 2 N–H and O–H groups in total. The van der Waals surface area contributed by atoms with Crippen molar-refractivity contribution >= 4 is 23.3 Å². The second kappa shape index (κ2) is 7.98. The first-order valence-electron chi connectivity index (χ1n) is 7.46. The second-order valence-corrected chi connectivity index (χ2v) is 5.04. The fourth-order valence-corrected chi connectivity index (χ4v) is 2.13. The molecule has 0 radical (unpaired) electrons. The maximum absolute atomic E-state index is 12.0. The summed E-state index contributed by atoms with van der Waals surface area (Å²) in [6.45, 7) is 4.08. The van der Waals surface area contributed by atoms with E-state index in [4.69, 9.17) is 4.74 Å². The molecule has 5 nitrogen and oxygen atoms in total. The van der Waals surface area contributed by atoms with Crippen molar-refractivity contribution in [1.82, 2.24) is 0 Å². The minimum atomic E-state index is -0.408. The highest BCUT2D eigenvalue weighted by Crippen LogP contribution is 2.16. The molecule has 0 bridgehead atoms. The van der Waals surface area contributed by atoms with Gasteiger partial charge in [0.1, 0.15) is 0 Å². The van der Waals surface area contributed by atoms with Crippen LogP contribution < -0.4 is 10.6 Å². The summed E-state index contributed by atoms with van der Waals surface area (Å²) in [4.78, 5) is 23.9. The van der Waals surface area contributed by atoms with Crippen molar-refractivity contribution in [3.63, 3.8) is 0 Å². The molecular formula is C18H20N2O3. The summed E-state index contributed by atoms with van der Waals surface area (Å²) in [6.07, 6.45) is 0. The first kappa shape index (κ1) is 16.5. The highest BCUT2D eigenvalue weighted by molar-refractivity contribution is 5.98. The zero-order valence-corrected chi connectivity index (χ0v) is 13.3. The summed E-state index contributed by atoms with van der Waals surface area (Å²) in [7, 11) is 0. The Hall–Kier alpha value is -2.82. The molecule has 0 aliphatic heterocycles. The molecule has 2 aromatic rings. The van der Waals surface area contributed by atoms with Crippen molar-refractivity contribution in [3.05, 3.63) is 59.7 Å². The molecular weight excluding hydrogens is 292 g/mol. The van der Waals surface area contributed by atoms with Gasteiger partial charge in [0.05, 0.1) is 18.7 Å². The number of amides is 1. The molecule has 23 heavy (non-hydrogen) atoms. The van der Waals surface area contributed by atoms with Crippen LogP contribution in [0.15, 0.2) is 48.5 Å². The number of nitrogens with one attached hydrogen (secondary N) is 2. The van der Waals surface area contributed by atoms with Crippen LogP contribution in [-0.2, 0) is 9.53 Å². The molecule has 2 rings (SSSR count). The summed E-state index contributed by atoms with van der Waals surface area (Å²) in [5.74, 6) is -0.594. The molecule has 120 valence electrons. The lowest BCUT2D eigenvalue weighted by Gasteiger charge is -2.11. The number of hydrogen-bond donors (Lipinski definition) is 2. The minimum absolute atomic E-state index is 0.0599. The molecule has 0 aromatic heterocycles. The Morgan fingerprint density at radius 3 is 2.61 bits per heavy atom. The van der Waals surface area contributed by atoms with Crippen LogP contribution in [0, 0.1) is 6.92 Å². The minimum Gasteiger partial charge on any atom is -0.462 e. The molecule has 0 heterocycles. The van der Waals surface area contributed by atoms with Gasteiger partial charge >= 0.3 is 5.97 Å². The van der Waals surface area contributed by atoms with E-state index in [2.05, 4.69) is 10.6 Å². The van der Waals surface area contributed by atoms with Crippen LogP contribution in [0.1, 0.15) is 22.8 Å². The van der Waals surface area contributed by atoms with E-state index >= 15 is 0 Å². The zero-order valence-electron chi connectivity index (χ0n) is 13.3. The third-order valence-corrected chi connectivity index (χ3v) is 3.16. The zero-order chi connectivity index (χ0) is 16.7. The van der Waals surface area contributed by atoms with E-state index in [1.807, 2.05) is 31.2 Å². The van der Waals surface area contributed by atoms with Gasteiger partial charge in [-0.15, -0.1) is 0 Å². The number of anilines is 2. The van der Waals surface area contributed by atoms with Gasteiger partial charge < -0.3 is 15.4 Å². The van der Waals surface area contributed by atoms with Crippen LogP contribution >= 0.6 is 0 Å². The van der Waals surface area contributed by atoms with Crippen molar-refractivity contribution in [2.24, 2.45) is 0 Å². The Morgan fingerprint density at radius 2 is 1.87 bits per heavy atom. The van der Waals surface area contributed by atoms with Crippen molar-refractivity contribution in [2.75, 3.05) is 23.8 Å². The SMILES string of the molecule is CCOC(=O)c1ccccc1NCC(=O)Nc1cccc(C)c1. The average Bonchev–Trinajstić information content (AvgIpc) is 2.53. The Bertz CT molecular complexity index is 698. The number of hydrogen-bond acceptors (Lipinski definition) is 4. The number of carbonyl (C=O) groups excluding carboxylic acids is 2. The molecule has 5 heteroatoms. The van der Waals surface area contributed by atoms with Crippen LogP contribution in [-0.4, -0.2) is 25.0 Å². The van der Waals surface area contributed by atoms with Gasteiger partial charge in [-0.3, -0.25) is 4.79 Å². The fraction of sp³-hybridized carbons (Fsp3) is 0.222. The number of para-hydroxylation sites is 1. The summed E-state index contributed by atoms with van der Waals surface area (Å²) >= 11 is 0. The molecule has 0 unspecified atom stereocenters. The van der Waals surface area contributed by atoms with Gasteiger partial charge in [-0.2, -0.15) is 0 Å². The van der Waals surface area contributed by atoms with Gasteiger partial charge in [0, 0.05) is 11.4 Å². The molecule has 0 aliphatic carbocycles. The van der Waals surface area contributed by atoms with E-state index < -0.39 is 5.97 Å². The first-order valence-corrected chi connectivity index (χ1v) is 7.46. The summed E-state index contributed by atoms with van der Waals surface area (Å²) in [5, 5.41) is 5.78. The Labute approximate surface area is 135 Å². The van der Waals surface area contributed by atoms with Crippen molar-refractivity contribution in [3.8, 4) is 0 Å². The van der Waals surface area contributed by atoms with Gasteiger partial charge in [-0.1, -0.05) is 24.3 Å². The second-order valence-electron chi connectivity index (χ2n) is 5.04. The number of carbonyl (C=O) groups is 2. The summed E-state index contributed by atoms with van der Waals surface area (Å²) in [6, 6.07) is 14.5. The highest BCUT2D eigenvalue weighted by Gasteiger charge is 2.12. The number of aryl methyl sites for hydroxylation is 1. The number of rotatable bonds is 6. The van der Waals surface area contributed by atoms with E-state index in [1.165, 1.54) is 0 Å². The van der Waals surface area contributed by atoms with Crippen LogP contribution in [0.25, 0.3) is 0 Å². The third kappa shape index (κ3) is 4.85. The quantitative estimate of drug-likeness (QED) is 0.804. The van der Waals surface area contributed by atoms with Crippen LogP contribution in [0.3, 0.4) is 0 Å². The standard InChI is InChI=1S/C18H20N2O3/c1-3-23-18(22)15-9-4-5-10-16(15)19-12-17(21)20-14-8-6-7-13(2)11-14/h4-11,19H,3,12H2,1-2H3,(H,20,21). The normalized spacial score (nSPS) is 10.0. The third-order valence-electron chi connectivity index (χ3n) is 3.16. The molecule has 0 aliphatic rings. The lowest BCUT2D eigenvalue weighted by Crippen LogP contribution is -2.22. The number of benzene rings is 2. The van der Waals surface area contributed by atoms with Crippen LogP contribution in [0.2, 0.25) is 0 Å². The molecule has 0 fully saturated rings. The van der Waals surface area contributed by atoms with Gasteiger partial charge in [-0.05, 0) is 43.7 Å². The molecule has 0 atom stereocenters. The van der Waals surface area contributed by atoms with E-state index in [0.717, 1.165) is 11.3 Å². The average molecular weight is 312 g/mol. The van der Waals surface area contributed by atoms with Crippen LogP contribution in [0.4, 0.5) is 11.4 Å². The molecule has 0 saturated carbocycles. The highest BCUT2D eigenvalue weighted by atomic mass is 16.5. The number of esters is 1. The fourth-order valence-electron chi connectivity index (χ4n) is 2.13. The predicted molar refractivity (Wildman–Crippen MR) is 90.7 cm³/mol. The van der Waals surface area contributed by atoms with Crippen molar-refractivity contribution in [1.29, 1.82) is 0 Å². The lowest BCUT2D eigenvalue weighted by atomic mass is 10.2. The van der Waals surface area contributed by atoms with Gasteiger partial charge in [-0.25, -0.2) is 4.79 Å². The van der Waals surface area contributed by atoms with Gasteiger partial charge in [0.2, 0.25) is 5.91 Å². The molecule has 0 saturated heterocycles. The van der Waals surface area contributed by atoms with Gasteiger partial charge in [0.15, 0.2) is 0 Å². The van der Waals surface area contributed by atoms with E-state index in [9.17, 15) is 9.59 Å². The first-order chi connectivity index (χ1) is 11.1. The van der Waals surface area contributed by atoms with Crippen LogP contribution in [0.5, 0.6) is 0 Å². The smallest absolute Gasteiger partial charge is 0.340 e. The summed E-state index contributed by atoms with van der Waals surface area (Å²) < 4.78 is 5.00.